The van der Waals surface area contributed by atoms with E-state index >= 15 is 0 Å². The Morgan fingerprint density at radius 1 is 0.970 bits per heavy atom. The van der Waals surface area contributed by atoms with Crippen molar-refractivity contribution in [2.75, 3.05) is 4.90 Å². The van der Waals surface area contributed by atoms with Crippen LogP contribution in [0, 0.1) is 13.8 Å². The molecule has 0 aromatic heterocycles. The van der Waals surface area contributed by atoms with Crippen molar-refractivity contribution < 1.29 is 19.1 Å². The summed E-state index contributed by atoms with van der Waals surface area (Å²) in [4.78, 5) is 39.0. The molecule has 0 saturated carbocycles. The van der Waals surface area contributed by atoms with Crippen molar-refractivity contribution in [1.29, 1.82) is 0 Å². The first-order chi connectivity index (χ1) is 15.8. The van der Waals surface area contributed by atoms with Crippen LogP contribution in [0.4, 0.5) is 10.5 Å². The molecule has 4 amide bonds. The van der Waals surface area contributed by atoms with Gasteiger partial charge in [0.05, 0.1) is 5.69 Å². The van der Waals surface area contributed by atoms with E-state index in [2.05, 4.69) is 5.32 Å². The molecule has 0 spiro atoms. The second kappa shape index (κ2) is 9.30. The third-order valence-electron chi connectivity index (χ3n) is 5.28. The fraction of sp³-hybridized carbons (Fsp3) is 0.115. The largest absolute Gasteiger partial charge is 0.489 e. The average Bonchev–Trinajstić information content (AvgIpc) is 2.79. The molecule has 4 rings (SSSR count). The maximum absolute atomic E-state index is 13.1. The van der Waals surface area contributed by atoms with Crippen molar-refractivity contribution in [3.8, 4) is 5.75 Å². The molecule has 6 nitrogen and oxygen atoms in total. The summed E-state index contributed by atoms with van der Waals surface area (Å²) >= 11 is 6.16. The first kappa shape index (κ1) is 22.3. The van der Waals surface area contributed by atoms with Gasteiger partial charge in [-0.1, -0.05) is 59.6 Å². The molecule has 166 valence electrons. The fourth-order valence-electron chi connectivity index (χ4n) is 3.43. The summed E-state index contributed by atoms with van der Waals surface area (Å²) in [5.74, 6) is -0.890. The highest BCUT2D eigenvalue weighted by Crippen LogP contribution is 2.29. The molecule has 0 bridgehead atoms. The number of nitrogens with one attached hydrogen (secondary N) is 1. The third-order valence-corrected chi connectivity index (χ3v) is 5.69. The second-order valence-electron chi connectivity index (χ2n) is 7.69. The second-order valence-corrected chi connectivity index (χ2v) is 8.10. The highest BCUT2D eigenvalue weighted by Gasteiger charge is 2.37. The monoisotopic (exact) mass is 460 g/mol. The number of amides is 4. The van der Waals surface area contributed by atoms with Crippen LogP contribution in [-0.4, -0.2) is 17.8 Å². The zero-order valence-corrected chi connectivity index (χ0v) is 18.8. The maximum atomic E-state index is 13.1. The average molecular weight is 461 g/mol. The first-order valence-corrected chi connectivity index (χ1v) is 10.7. The minimum Gasteiger partial charge on any atom is -0.489 e. The number of ether oxygens (including phenoxy) is 1. The molecule has 0 unspecified atom stereocenters. The molecule has 3 aromatic carbocycles. The van der Waals surface area contributed by atoms with Gasteiger partial charge in [0.15, 0.2) is 0 Å². The first-order valence-electron chi connectivity index (χ1n) is 10.3. The number of halogens is 1. The number of hydrogen-bond acceptors (Lipinski definition) is 4. The molecule has 0 aliphatic carbocycles. The highest BCUT2D eigenvalue weighted by molar-refractivity contribution is 6.39. The van der Waals surface area contributed by atoms with Crippen molar-refractivity contribution in [2.24, 2.45) is 0 Å². The number of carbonyl (C=O) groups excluding carboxylic acids is 3. The number of nitrogens with zero attached hydrogens (tertiary/aromatic N) is 1. The molecule has 3 aromatic rings. The topological polar surface area (TPSA) is 75.7 Å². The Labute approximate surface area is 196 Å². The van der Waals surface area contributed by atoms with Crippen LogP contribution in [0.15, 0.2) is 72.3 Å². The lowest BCUT2D eigenvalue weighted by Gasteiger charge is -2.27. The highest BCUT2D eigenvalue weighted by atomic mass is 35.5. The smallest absolute Gasteiger partial charge is 0.335 e. The Morgan fingerprint density at radius 2 is 1.70 bits per heavy atom. The van der Waals surface area contributed by atoms with Gasteiger partial charge < -0.3 is 4.74 Å². The van der Waals surface area contributed by atoms with Gasteiger partial charge in [-0.3, -0.25) is 14.9 Å². The van der Waals surface area contributed by atoms with Crippen LogP contribution in [0.3, 0.4) is 0 Å². The number of rotatable bonds is 5. The lowest BCUT2D eigenvalue weighted by molar-refractivity contribution is -0.122. The summed E-state index contributed by atoms with van der Waals surface area (Å²) in [5.41, 5.74) is 3.50. The number of aryl methyl sites for hydroxylation is 1. The summed E-state index contributed by atoms with van der Waals surface area (Å²) in [5, 5.41) is 2.64. The Morgan fingerprint density at radius 3 is 2.45 bits per heavy atom. The lowest BCUT2D eigenvalue weighted by Crippen LogP contribution is -2.54. The Bertz CT molecular complexity index is 1280. The minimum atomic E-state index is -0.817. The van der Waals surface area contributed by atoms with Crippen LogP contribution in [-0.2, 0) is 16.2 Å². The van der Waals surface area contributed by atoms with Crippen molar-refractivity contribution in [1.82, 2.24) is 5.32 Å². The van der Waals surface area contributed by atoms with E-state index in [0.29, 0.717) is 34.2 Å². The minimum absolute atomic E-state index is 0.162. The summed E-state index contributed by atoms with van der Waals surface area (Å²) in [6, 6.07) is 19.2. The normalized spacial score (nSPS) is 15.1. The van der Waals surface area contributed by atoms with Gasteiger partial charge in [-0.25, -0.2) is 9.69 Å². The van der Waals surface area contributed by atoms with E-state index in [1.165, 1.54) is 11.6 Å². The van der Waals surface area contributed by atoms with Gasteiger partial charge in [0.25, 0.3) is 11.8 Å². The number of carbonyl (C=O) groups is 3. The van der Waals surface area contributed by atoms with E-state index in [4.69, 9.17) is 16.3 Å². The number of anilines is 1. The molecule has 1 N–H and O–H groups in total. The predicted molar refractivity (Wildman–Crippen MR) is 127 cm³/mol. The van der Waals surface area contributed by atoms with Gasteiger partial charge in [-0.15, -0.1) is 0 Å². The quantitative estimate of drug-likeness (QED) is 0.419. The number of barbiturate groups is 1. The molecule has 1 fully saturated rings. The van der Waals surface area contributed by atoms with E-state index in [1.807, 2.05) is 31.2 Å². The SMILES string of the molecule is Cc1ccc(COc2cccc(/C=C3/C(=O)NC(=O)N(c4cccc(Cl)c4C)C3=O)c2)cc1. The zero-order valence-electron chi connectivity index (χ0n) is 18.1. The van der Waals surface area contributed by atoms with Gasteiger partial charge in [-0.05, 0) is 60.9 Å². The number of benzene rings is 3. The van der Waals surface area contributed by atoms with Gasteiger partial charge in [0.2, 0.25) is 0 Å². The molecule has 33 heavy (non-hydrogen) atoms. The summed E-state index contributed by atoms with van der Waals surface area (Å²) in [6.07, 6.45) is 1.44. The summed E-state index contributed by atoms with van der Waals surface area (Å²) < 4.78 is 5.86. The third kappa shape index (κ3) is 4.81. The van der Waals surface area contributed by atoms with E-state index < -0.39 is 17.8 Å². The van der Waals surface area contributed by atoms with Crippen molar-refractivity contribution in [3.05, 3.63) is 99.6 Å². The molecule has 1 heterocycles. The van der Waals surface area contributed by atoms with Crippen molar-refractivity contribution in [3.63, 3.8) is 0 Å². The van der Waals surface area contributed by atoms with Crippen LogP contribution < -0.4 is 15.0 Å². The van der Waals surface area contributed by atoms with Gasteiger partial charge in [0, 0.05) is 5.02 Å². The fourth-order valence-corrected chi connectivity index (χ4v) is 3.60. The van der Waals surface area contributed by atoms with E-state index in [0.717, 1.165) is 10.5 Å². The molecule has 1 aliphatic rings. The van der Waals surface area contributed by atoms with E-state index in [9.17, 15) is 14.4 Å². The van der Waals surface area contributed by atoms with Gasteiger partial charge in [0.1, 0.15) is 17.9 Å². The van der Waals surface area contributed by atoms with Crippen LogP contribution >= 0.6 is 11.6 Å². The standard InChI is InChI=1S/C26H21ClN2O4/c1-16-9-11-18(12-10-16)15-33-20-6-3-5-19(13-20)14-21-24(30)28-26(32)29(25(21)31)23-8-4-7-22(27)17(23)2/h3-14H,15H2,1-2H3,(H,28,30,32)/b21-14-. The zero-order chi connectivity index (χ0) is 23.5. The van der Waals surface area contributed by atoms with Crippen molar-refractivity contribution in [2.45, 2.75) is 20.5 Å². The van der Waals surface area contributed by atoms with Gasteiger partial charge in [-0.2, -0.15) is 0 Å². The summed E-state index contributed by atoms with van der Waals surface area (Å²) in [6.45, 7) is 4.11. The molecule has 0 radical (unpaired) electrons. The number of urea groups is 1. The molecular weight excluding hydrogens is 440 g/mol. The van der Waals surface area contributed by atoms with E-state index in [1.54, 1.807) is 49.4 Å². The Kier molecular flexibility index (Phi) is 6.29. The Hall–Kier alpha value is -3.90. The molecule has 1 saturated heterocycles. The molecular formula is C26H21ClN2O4. The Balaban J connectivity index is 1.59. The van der Waals surface area contributed by atoms with Gasteiger partial charge >= 0.3 is 6.03 Å². The maximum Gasteiger partial charge on any atom is 0.335 e. The van der Waals surface area contributed by atoms with Crippen LogP contribution in [0.2, 0.25) is 5.02 Å². The van der Waals surface area contributed by atoms with Crippen LogP contribution in [0.5, 0.6) is 5.75 Å². The van der Waals surface area contributed by atoms with E-state index in [-0.39, 0.29) is 5.57 Å². The van der Waals surface area contributed by atoms with Crippen LogP contribution in [0.1, 0.15) is 22.3 Å². The van der Waals surface area contributed by atoms with Crippen LogP contribution in [0.25, 0.3) is 6.08 Å². The number of hydrogen-bond donors (Lipinski definition) is 1. The van der Waals surface area contributed by atoms with Crippen molar-refractivity contribution >= 4 is 41.2 Å². The molecule has 1 aliphatic heterocycles. The molecule has 7 heteroatoms. The number of imide groups is 2. The summed E-state index contributed by atoms with van der Waals surface area (Å²) in [7, 11) is 0. The molecule has 0 atom stereocenters. The predicted octanol–water partition coefficient (Wildman–Crippen LogP) is 5.20. The lowest BCUT2D eigenvalue weighted by atomic mass is 10.1.